The molecular weight excluding hydrogens is 394 g/mol. The van der Waals surface area contributed by atoms with E-state index in [4.69, 9.17) is 0 Å². The van der Waals surface area contributed by atoms with Crippen LogP contribution in [0.15, 0.2) is 65.7 Å². The Morgan fingerprint density at radius 2 is 1.80 bits per heavy atom. The minimum atomic E-state index is -3.49. The van der Waals surface area contributed by atoms with Crippen molar-refractivity contribution < 1.29 is 8.42 Å². The van der Waals surface area contributed by atoms with Crippen molar-refractivity contribution in [2.24, 2.45) is 0 Å². The summed E-state index contributed by atoms with van der Waals surface area (Å²) in [6.45, 7) is 5.10. The van der Waals surface area contributed by atoms with E-state index in [2.05, 4.69) is 53.3 Å². The Morgan fingerprint density at radius 1 is 1.03 bits per heavy atom. The zero-order valence-electron chi connectivity index (χ0n) is 17.4. The van der Waals surface area contributed by atoms with E-state index >= 15 is 0 Å². The standard InChI is InChI=1S/C24H27N3O2S/c1-3-19-7-4-5-8-22(19)30(28,29)26-15-12-24(13-16-26)23-9-6-14-27(23)21-11-10-18(2)17-20(21)25-24/h4-11,14,17,25H,3,12-13,15-16H2,1-2H3. The lowest BCUT2D eigenvalue weighted by atomic mass is 9.83. The molecule has 2 aliphatic rings. The Kier molecular flexibility index (Phi) is 4.52. The number of anilines is 1. The molecule has 0 bridgehead atoms. The Labute approximate surface area is 178 Å². The summed E-state index contributed by atoms with van der Waals surface area (Å²) < 4.78 is 30.7. The molecule has 0 radical (unpaired) electrons. The third-order valence-electron chi connectivity index (χ3n) is 6.57. The fraction of sp³-hybridized carbons (Fsp3) is 0.333. The molecule has 1 aromatic heterocycles. The maximum atomic E-state index is 13.4. The van der Waals surface area contributed by atoms with Crippen molar-refractivity contribution in [3.8, 4) is 5.69 Å². The lowest BCUT2D eigenvalue weighted by molar-refractivity contribution is 0.247. The number of rotatable bonds is 3. The first kappa shape index (κ1) is 19.4. The molecule has 0 atom stereocenters. The van der Waals surface area contributed by atoms with Gasteiger partial charge in [-0.2, -0.15) is 4.31 Å². The molecular formula is C24H27N3O2S. The van der Waals surface area contributed by atoms with Crippen molar-refractivity contribution >= 4 is 15.7 Å². The third kappa shape index (κ3) is 2.89. The van der Waals surface area contributed by atoms with Crippen molar-refractivity contribution in [2.75, 3.05) is 18.4 Å². The predicted octanol–water partition coefficient (Wildman–Crippen LogP) is 4.45. The van der Waals surface area contributed by atoms with E-state index in [0.717, 1.165) is 29.8 Å². The second-order valence-corrected chi connectivity index (χ2v) is 10.3. The summed E-state index contributed by atoms with van der Waals surface area (Å²) in [5.74, 6) is 0. The highest BCUT2D eigenvalue weighted by atomic mass is 32.2. The van der Waals surface area contributed by atoms with Gasteiger partial charge in [-0.25, -0.2) is 8.42 Å². The molecule has 0 saturated carbocycles. The van der Waals surface area contributed by atoms with Crippen molar-refractivity contribution in [3.63, 3.8) is 0 Å². The first-order chi connectivity index (χ1) is 14.4. The normalized spacial score (nSPS) is 17.9. The molecule has 30 heavy (non-hydrogen) atoms. The van der Waals surface area contributed by atoms with Crippen LogP contribution in [0.3, 0.4) is 0 Å². The summed E-state index contributed by atoms with van der Waals surface area (Å²) in [5, 5.41) is 3.79. The van der Waals surface area contributed by atoms with Crippen LogP contribution in [0.2, 0.25) is 0 Å². The van der Waals surface area contributed by atoms with E-state index in [1.807, 2.05) is 25.1 Å². The van der Waals surface area contributed by atoms with Crippen LogP contribution in [0.4, 0.5) is 5.69 Å². The highest BCUT2D eigenvalue weighted by molar-refractivity contribution is 7.89. The first-order valence-electron chi connectivity index (χ1n) is 10.6. The summed E-state index contributed by atoms with van der Waals surface area (Å²) in [5.41, 5.74) is 5.32. The average Bonchev–Trinajstić information content (AvgIpc) is 3.25. The lowest BCUT2D eigenvalue weighted by Crippen LogP contribution is -2.51. The molecule has 156 valence electrons. The molecule has 3 heterocycles. The molecule has 2 aliphatic heterocycles. The van der Waals surface area contributed by atoms with Crippen LogP contribution in [-0.4, -0.2) is 30.4 Å². The molecule has 0 aliphatic carbocycles. The molecule has 1 saturated heterocycles. The van der Waals surface area contributed by atoms with E-state index in [1.54, 1.807) is 10.4 Å². The smallest absolute Gasteiger partial charge is 0.243 e. The van der Waals surface area contributed by atoms with Crippen molar-refractivity contribution in [1.82, 2.24) is 8.87 Å². The summed E-state index contributed by atoms with van der Waals surface area (Å²) in [6, 6.07) is 18.1. The fourth-order valence-electron chi connectivity index (χ4n) is 4.94. The number of nitrogens with zero attached hydrogens (tertiary/aromatic N) is 2. The fourth-order valence-corrected chi connectivity index (χ4v) is 6.67. The van der Waals surface area contributed by atoms with Crippen molar-refractivity contribution in [3.05, 3.63) is 77.6 Å². The van der Waals surface area contributed by atoms with Gasteiger partial charge in [0.25, 0.3) is 0 Å². The largest absolute Gasteiger partial charge is 0.372 e. The van der Waals surface area contributed by atoms with Crippen LogP contribution in [0.5, 0.6) is 0 Å². The lowest BCUT2D eigenvalue weighted by Gasteiger charge is -2.46. The van der Waals surface area contributed by atoms with Gasteiger partial charge in [-0.1, -0.05) is 31.2 Å². The van der Waals surface area contributed by atoms with Crippen LogP contribution >= 0.6 is 0 Å². The summed E-state index contributed by atoms with van der Waals surface area (Å²) >= 11 is 0. The zero-order chi connectivity index (χ0) is 20.9. The number of piperidine rings is 1. The van der Waals surface area contributed by atoms with E-state index in [1.165, 1.54) is 11.3 Å². The molecule has 5 nitrogen and oxygen atoms in total. The van der Waals surface area contributed by atoms with Gasteiger partial charge in [0.15, 0.2) is 0 Å². The minimum Gasteiger partial charge on any atom is -0.372 e. The van der Waals surface area contributed by atoms with Gasteiger partial charge in [-0.3, -0.25) is 0 Å². The molecule has 0 unspecified atom stereocenters. The number of aromatic nitrogens is 1. The molecule has 5 rings (SSSR count). The number of nitrogens with one attached hydrogen (secondary N) is 1. The number of fused-ring (bicyclic) bond motifs is 4. The van der Waals surface area contributed by atoms with Gasteiger partial charge in [-0.05, 0) is 67.6 Å². The van der Waals surface area contributed by atoms with E-state index in [0.29, 0.717) is 24.4 Å². The Morgan fingerprint density at radius 3 is 2.57 bits per heavy atom. The molecule has 1 spiro atoms. The van der Waals surface area contributed by atoms with Crippen LogP contribution in [0, 0.1) is 6.92 Å². The first-order valence-corrected chi connectivity index (χ1v) is 12.0. The summed E-state index contributed by atoms with van der Waals surface area (Å²) in [4.78, 5) is 0.449. The monoisotopic (exact) mass is 421 g/mol. The van der Waals surface area contributed by atoms with E-state index in [-0.39, 0.29) is 5.54 Å². The highest BCUT2D eigenvalue weighted by Gasteiger charge is 2.44. The number of hydrogen-bond acceptors (Lipinski definition) is 3. The van der Waals surface area contributed by atoms with Gasteiger partial charge in [0.05, 0.1) is 21.8 Å². The van der Waals surface area contributed by atoms with Gasteiger partial charge in [0.1, 0.15) is 0 Å². The maximum absolute atomic E-state index is 13.4. The summed E-state index contributed by atoms with van der Waals surface area (Å²) in [6.07, 6.45) is 4.28. The van der Waals surface area contributed by atoms with Gasteiger partial charge in [0.2, 0.25) is 10.0 Å². The molecule has 1 fully saturated rings. The number of aryl methyl sites for hydroxylation is 2. The molecule has 6 heteroatoms. The predicted molar refractivity (Wildman–Crippen MR) is 120 cm³/mol. The number of benzene rings is 2. The second kappa shape index (κ2) is 7.00. The highest BCUT2D eigenvalue weighted by Crippen LogP contribution is 2.44. The number of hydrogen-bond donors (Lipinski definition) is 1. The molecule has 0 amide bonds. The van der Waals surface area contributed by atoms with Gasteiger partial charge in [0, 0.05) is 25.0 Å². The van der Waals surface area contributed by atoms with Gasteiger partial charge < -0.3 is 9.88 Å². The van der Waals surface area contributed by atoms with Crippen molar-refractivity contribution in [2.45, 2.75) is 43.5 Å². The average molecular weight is 422 g/mol. The topological polar surface area (TPSA) is 54.3 Å². The molecule has 1 N–H and O–H groups in total. The Balaban J connectivity index is 1.46. The van der Waals surface area contributed by atoms with E-state index in [9.17, 15) is 8.42 Å². The van der Waals surface area contributed by atoms with Crippen LogP contribution in [0.1, 0.15) is 36.6 Å². The van der Waals surface area contributed by atoms with Crippen LogP contribution in [-0.2, 0) is 22.0 Å². The Hall–Kier alpha value is -2.57. The SMILES string of the molecule is CCc1ccccc1S(=O)(=O)N1CCC2(CC1)Nc1cc(C)ccc1-n1cccc12. The van der Waals surface area contributed by atoms with Crippen LogP contribution < -0.4 is 5.32 Å². The zero-order valence-corrected chi connectivity index (χ0v) is 18.2. The minimum absolute atomic E-state index is 0.249. The van der Waals surface area contributed by atoms with E-state index < -0.39 is 10.0 Å². The van der Waals surface area contributed by atoms with Gasteiger partial charge in [-0.15, -0.1) is 0 Å². The molecule has 2 aromatic carbocycles. The maximum Gasteiger partial charge on any atom is 0.243 e. The second-order valence-electron chi connectivity index (χ2n) is 8.36. The third-order valence-corrected chi connectivity index (χ3v) is 8.57. The Bertz CT molecular complexity index is 1200. The number of sulfonamides is 1. The van der Waals surface area contributed by atoms with Gasteiger partial charge >= 0.3 is 0 Å². The quantitative estimate of drug-likeness (QED) is 0.680. The van der Waals surface area contributed by atoms with Crippen molar-refractivity contribution in [1.29, 1.82) is 0 Å². The molecule has 3 aromatic rings. The summed E-state index contributed by atoms with van der Waals surface area (Å²) in [7, 11) is -3.49. The van der Waals surface area contributed by atoms with Crippen LogP contribution in [0.25, 0.3) is 5.69 Å².